The first-order valence-electron chi connectivity index (χ1n) is 17.2. The third kappa shape index (κ3) is 10.8. The van der Waals surface area contributed by atoms with Gasteiger partial charge in [0, 0.05) is 23.6 Å². The Balaban J connectivity index is 1.70. The van der Waals surface area contributed by atoms with Gasteiger partial charge in [-0.3, -0.25) is 33.6 Å². The predicted molar refractivity (Wildman–Crippen MR) is 200 cm³/mol. The molecule has 2 aromatic rings. The number of rotatable bonds is 5. The van der Waals surface area contributed by atoms with Crippen molar-refractivity contribution >= 4 is 64.4 Å². The normalized spacial score (nSPS) is 26.0. The van der Waals surface area contributed by atoms with Gasteiger partial charge in [-0.25, -0.2) is 0 Å². The van der Waals surface area contributed by atoms with Gasteiger partial charge in [-0.2, -0.15) is 0 Å². The number of thioether (sulfide) groups is 1. The van der Waals surface area contributed by atoms with Crippen molar-refractivity contribution in [2.75, 3.05) is 31.1 Å². The van der Waals surface area contributed by atoms with Crippen LogP contribution in [0.5, 0.6) is 0 Å². The molecule has 2 saturated heterocycles. The molecule has 1 aromatic heterocycles. The van der Waals surface area contributed by atoms with Crippen molar-refractivity contribution in [2.45, 2.75) is 76.8 Å². The molecule has 7 amide bonds. The lowest BCUT2D eigenvalue weighted by molar-refractivity contribution is -0.144. The van der Waals surface area contributed by atoms with E-state index in [-0.39, 0.29) is 37.4 Å². The number of primary amides is 1. The van der Waals surface area contributed by atoms with Gasteiger partial charge in [0.2, 0.25) is 41.4 Å². The van der Waals surface area contributed by atoms with Crippen LogP contribution in [-0.4, -0.2) is 113 Å². The van der Waals surface area contributed by atoms with Gasteiger partial charge in [-0.1, -0.05) is 45.0 Å². The molecule has 0 saturated carbocycles. The van der Waals surface area contributed by atoms with E-state index in [9.17, 15) is 38.7 Å². The van der Waals surface area contributed by atoms with E-state index in [0.29, 0.717) is 5.56 Å². The summed E-state index contributed by atoms with van der Waals surface area (Å²) in [4.78, 5) is 95.7. The molecule has 288 valence electrons. The second kappa shape index (κ2) is 18.0. The molecular formula is C35H48N8O8S2. The van der Waals surface area contributed by atoms with Crippen LogP contribution in [0.2, 0.25) is 0 Å². The van der Waals surface area contributed by atoms with Crippen molar-refractivity contribution in [3.8, 4) is 10.4 Å². The predicted octanol–water partition coefficient (Wildman–Crippen LogP) is -0.960. The first-order valence-corrected chi connectivity index (χ1v) is 19.2. The fraction of sp³-hybridized carbons (Fsp3) is 0.514. The molecular weight excluding hydrogens is 725 g/mol. The molecule has 0 spiro atoms. The molecule has 18 heteroatoms. The number of fused-ring (bicyclic) bond motifs is 1. The Morgan fingerprint density at radius 2 is 1.64 bits per heavy atom. The summed E-state index contributed by atoms with van der Waals surface area (Å²) in [6.07, 6.45) is -1.18. The van der Waals surface area contributed by atoms with E-state index in [1.807, 2.05) is 18.4 Å². The van der Waals surface area contributed by atoms with Gasteiger partial charge in [0.25, 0.3) is 0 Å². The summed E-state index contributed by atoms with van der Waals surface area (Å²) in [6, 6.07) is 2.88. The summed E-state index contributed by atoms with van der Waals surface area (Å²) in [5, 5.41) is 25.6. The van der Waals surface area contributed by atoms with E-state index in [1.54, 1.807) is 56.4 Å². The molecule has 1 aromatic carbocycles. The fourth-order valence-electron chi connectivity index (χ4n) is 6.04. The highest BCUT2D eigenvalue weighted by molar-refractivity contribution is 8.00. The van der Waals surface area contributed by atoms with Crippen molar-refractivity contribution in [3.05, 3.63) is 46.8 Å². The molecule has 2 aliphatic heterocycles. The van der Waals surface area contributed by atoms with Gasteiger partial charge in [0.05, 0.1) is 18.4 Å². The number of nitrogens with one attached hydrogen (secondary N) is 5. The molecule has 53 heavy (non-hydrogen) atoms. The number of aryl methyl sites for hydroxylation is 1. The lowest BCUT2D eigenvalue weighted by Crippen LogP contribution is -2.58. The molecule has 0 bridgehead atoms. The van der Waals surface area contributed by atoms with Crippen LogP contribution in [0.1, 0.15) is 50.8 Å². The van der Waals surface area contributed by atoms with Gasteiger partial charge < -0.3 is 48.1 Å². The first kappa shape index (κ1) is 41.2. The number of nitrogens with zero attached hydrogens (tertiary/aromatic N) is 1. The Bertz CT molecular complexity index is 1690. The highest BCUT2D eigenvalue weighted by Gasteiger charge is 2.45. The highest BCUT2D eigenvalue weighted by Crippen LogP contribution is 2.31. The van der Waals surface area contributed by atoms with E-state index in [4.69, 9.17) is 11.5 Å². The number of amides is 7. The molecule has 0 aliphatic carbocycles. The number of carbonyl (C=O) groups excluding carboxylic acids is 7. The minimum absolute atomic E-state index is 0.00344. The largest absolute Gasteiger partial charge is 0.391 e. The van der Waals surface area contributed by atoms with Crippen molar-refractivity contribution in [1.29, 1.82) is 0 Å². The van der Waals surface area contributed by atoms with E-state index >= 15 is 0 Å². The van der Waals surface area contributed by atoms with Crippen molar-refractivity contribution in [3.63, 3.8) is 0 Å². The molecule has 2 fully saturated rings. The standard InChI is InChI=1S/C35H48N8O8S2/c1-18-10-12-53-28(18)20-7-5-19(6-8-20)27-33(50)38-14-25(45)39-22(9-11-36)31(48)40-23(30(37)47)16-52-17-26(46)41-29(35(2,3)4)34(51)43-15-21(44)13-24(43)32(49)42-27/h5-8,10,12,21-24,27,29,44H,9,11,13-17,36H2,1-4H3,(H2,37,47)(H,38,50)(H,39,45)(H,40,48)(H,41,46)(H,42,49)/t21-,22-,23-,24+,27+,29-/m1/s1. The smallest absolute Gasteiger partial charge is 0.247 e. The Morgan fingerprint density at radius 1 is 0.943 bits per heavy atom. The van der Waals surface area contributed by atoms with E-state index in [1.165, 1.54) is 4.90 Å². The third-order valence-electron chi connectivity index (χ3n) is 8.91. The minimum Gasteiger partial charge on any atom is -0.391 e. The molecule has 0 unspecified atom stereocenters. The van der Waals surface area contributed by atoms with Gasteiger partial charge >= 0.3 is 0 Å². The van der Waals surface area contributed by atoms with Gasteiger partial charge in [0.1, 0.15) is 30.2 Å². The van der Waals surface area contributed by atoms with E-state index in [2.05, 4.69) is 26.6 Å². The molecule has 2 aliphatic rings. The zero-order valence-corrected chi connectivity index (χ0v) is 31.7. The second-order valence-corrected chi connectivity index (χ2v) is 16.1. The lowest BCUT2D eigenvalue weighted by atomic mass is 9.85. The van der Waals surface area contributed by atoms with Crippen LogP contribution in [0.3, 0.4) is 0 Å². The quantitative estimate of drug-likeness (QED) is 0.185. The third-order valence-corrected chi connectivity index (χ3v) is 11.0. The summed E-state index contributed by atoms with van der Waals surface area (Å²) in [5.41, 5.74) is 12.7. The van der Waals surface area contributed by atoms with Crippen molar-refractivity contribution in [2.24, 2.45) is 16.9 Å². The topological polar surface area (TPSA) is 255 Å². The van der Waals surface area contributed by atoms with Crippen LogP contribution in [-0.2, 0) is 33.6 Å². The van der Waals surface area contributed by atoms with Crippen LogP contribution in [0.15, 0.2) is 35.7 Å². The molecule has 4 rings (SSSR count). The number of aliphatic hydroxyl groups is 1. The van der Waals surface area contributed by atoms with Crippen molar-refractivity contribution in [1.82, 2.24) is 31.5 Å². The van der Waals surface area contributed by atoms with Gasteiger partial charge in [-0.15, -0.1) is 23.1 Å². The van der Waals surface area contributed by atoms with E-state index in [0.717, 1.165) is 27.8 Å². The summed E-state index contributed by atoms with van der Waals surface area (Å²) in [5.74, 6) is -5.35. The Kier molecular flexibility index (Phi) is 14.0. The van der Waals surface area contributed by atoms with Gasteiger partial charge in [-0.05, 0) is 53.4 Å². The minimum atomic E-state index is -1.34. The first-order chi connectivity index (χ1) is 25.0. The maximum Gasteiger partial charge on any atom is 0.247 e. The summed E-state index contributed by atoms with van der Waals surface area (Å²) >= 11 is 2.54. The number of aliphatic hydroxyl groups excluding tert-OH is 1. The fourth-order valence-corrected chi connectivity index (χ4v) is 7.85. The Morgan fingerprint density at radius 3 is 2.25 bits per heavy atom. The SMILES string of the molecule is Cc1ccsc1-c1ccc([C@@H]2NC(=O)[C@@H]3C[C@@H](O)CN3C(=O)[C@H](C(C)(C)C)NC(=O)CSC[C@H](C(N)=O)NC(=O)[C@@H](CCN)NC(=O)CNC2=O)cc1. The van der Waals surface area contributed by atoms with E-state index < -0.39 is 89.6 Å². The molecule has 10 N–H and O–H groups in total. The molecule has 0 radical (unpaired) electrons. The second-order valence-electron chi connectivity index (χ2n) is 14.2. The zero-order valence-electron chi connectivity index (χ0n) is 30.1. The van der Waals surface area contributed by atoms with Crippen LogP contribution >= 0.6 is 23.1 Å². The van der Waals surface area contributed by atoms with Crippen LogP contribution in [0, 0.1) is 12.3 Å². The lowest BCUT2D eigenvalue weighted by Gasteiger charge is -2.35. The van der Waals surface area contributed by atoms with Crippen LogP contribution < -0.4 is 38.1 Å². The average Bonchev–Trinajstić information content (AvgIpc) is 3.71. The molecule has 16 nitrogen and oxygen atoms in total. The molecule has 6 atom stereocenters. The summed E-state index contributed by atoms with van der Waals surface area (Å²) < 4.78 is 0. The number of benzene rings is 1. The maximum absolute atomic E-state index is 14.1. The van der Waals surface area contributed by atoms with Crippen LogP contribution in [0.25, 0.3) is 10.4 Å². The monoisotopic (exact) mass is 772 g/mol. The number of thiophene rings is 1. The Hall–Kier alpha value is -4.52. The number of hydrogen-bond acceptors (Lipinski definition) is 11. The summed E-state index contributed by atoms with van der Waals surface area (Å²) in [6.45, 7) is 6.40. The Labute approximate surface area is 315 Å². The zero-order chi connectivity index (χ0) is 39.0. The number of carbonyl (C=O) groups is 7. The van der Waals surface area contributed by atoms with Crippen molar-refractivity contribution < 1.29 is 38.7 Å². The summed E-state index contributed by atoms with van der Waals surface area (Å²) in [7, 11) is 0. The number of nitrogens with two attached hydrogens (primary N) is 2. The molecule has 3 heterocycles. The van der Waals surface area contributed by atoms with Crippen LogP contribution in [0.4, 0.5) is 0 Å². The van der Waals surface area contributed by atoms with Gasteiger partial charge in [0.15, 0.2) is 0 Å². The maximum atomic E-state index is 14.1. The average molecular weight is 773 g/mol. The highest BCUT2D eigenvalue weighted by atomic mass is 32.2. The number of hydrogen-bond donors (Lipinski definition) is 8.